The van der Waals surface area contributed by atoms with E-state index in [4.69, 9.17) is 33.7 Å². The highest BCUT2D eigenvalue weighted by atomic mass is 35.5. The van der Waals surface area contributed by atoms with Crippen molar-refractivity contribution in [3.05, 3.63) is 76.0 Å². The number of carboxylic acids is 1. The average Bonchev–Trinajstić information content (AvgIpc) is 3.63. The summed E-state index contributed by atoms with van der Waals surface area (Å²) in [6, 6.07) is 11.9. The number of hydrogen-bond acceptors (Lipinski definition) is 8. The van der Waals surface area contributed by atoms with E-state index >= 15 is 0 Å². The first-order chi connectivity index (χ1) is 21.8. The molecule has 6 rings (SSSR count). The number of piperidine rings is 1. The van der Waals surface area contributed by atoms with E-state index in [1.54, 1.807) is 43.5 Å². The molecular formula is C31H30Cl2F3N7O3. The Labute approximate surface area is 272 Å². The van der Waals surface area contributed by atoms with Crippen LogP contribution in [0.5, 0.6) is 5.88 Å². The van der Waals surface area contributed by atoms with E-state index in [1.165, 1.54) is 22.9 Å². The van der Waals surface area contributed by atoms with Gasteiger partial charge in [-0.25, -0.2) is 4.68 Å². The number of nitrogens with two attached hydrogens (primary N) is 1. The lowest BCUT2D eigenvalue weighted by molar-refractivity contribution is -0.198. The van der Waals surface area contributed by atoms with Gasteiger partial charge in [0, 0.05) is 37.5 Å². The summed E-state index contributed by atoms with van der Waals surface area (Å²) in [5.74, 6) is -1.14. The number of nitrogens with zero attached hydrogens (tertiary/aromatic N) is 5. The maximum atomic E-state index is 14.9. The second-order valence-electron chi connectivity index (χ2n) is 11.7. The predicted molar refractivity (Wildman–Crippen MR) is 168 cm³/mol. The van der Waals surface area contributed by atoms with Crippen molar-refractivity contribution in [2.24, 2.45) is 5.41 Å². The first-order valence-corrected chi connectivity index (χ1v) is 15.3. The third kappa shape index (κ3) is 6.58. The minimum absolute atomic E-state index is 0.160. The summed E-state index contributed by atoms with van der Waals surface area (Å²) in [5, 5.41) is 17.4. The van der Waals surface area contributed by atoms with Gasteiger partial charge in [0.1, 0.15) is 11.9 Å². The Kier molecular flexibility index (Phi) is 8.51. The first kappa shape index (κ1) is 31.9. The quantitative estimate of drug-likeness (QED) is 0.208. The topological polar surface area (TPSA) is 131 Å². The number of benzene rings is 2. The van der Waals surface area contributed by atoms with Gasteiger partial charge in [-0.05, 0) is 73.1 Å². The second-order valence-corrected chi connectivity index (χ2v) is 12.5. The number of halogens is 5. The highest BCUT2D eigenvalue weighted by molar-refractivity contribution is 6.42. The molecule has 0 unspecified atom stereocenters. The molecule has 0 saturated carbocycles. The Morgan fingerprint density at radius 1 is 1.09 bits per heavy atom. The van der Waals surface area contributed by atoms with Crippen molar-refractivity contribution < 1.29 is 27.8 Å². The van der Waals surface area contributed by atoms with Crippen molar-refractivity contribution in [1.82, 2.24) is 25.1 Å². The van der Waals surface area contributed by atoms with Crippen LogP contribution in [0.1, 0.15) is 36.6 Å². The highest BCUT2D eigenvalue weighted by Gasteiger charge is 2.46. The van der Waals surface area contributed by atoms with E-state index in [2.05, 4.69) is 20.4 Å². The van der Waals surface area contributed by atoms with Crippen LogP contribution in [0.2, 0.25) is 10.0 Å². The third-order valence-electron chi connectivity index (χ3n) is 8.58. The van der Waals surface area contributed by atoms with Crippen molar-refractivity contribution in [1.29, 1.82) is 0 Å². The number of ether oxygens (including phenoxy) is 1. The molecule has 0 amide bonds. The van der Waals surface area contributed by atoms with Crippen molar-refractivity contribution in [2.45, 2.75) is 44.5 Å². The molecule has 2 aliphatic heterocycles. The second kappa shape index (κ2) is 12.3. The molecule has 242 valence electrons. The molecule has 46 heavy (non-hydrogen) atoms. The fraction of sp³-hybridized carbons (Fsp3) is 0.355. The van der Waals surface area contributed by atoms with Gasteiger partial charge in [-0.1, -0.05) is 35.3 Å². The number of carbonyl (C=O) groups is 1. The highest BCUT2D eigenvalue weighted by Crippen LogP contribution is 2.43. The SMILES string of the molecule is Cc1ccn(-c2ccc(-c3ccc(Cl)c(Cl)c3)cc2[C@@H](Oc2cc(N3CCC4(CC3)CN[C@H](C(=O)O)C4)nc(N)n2)C(F)(F)F)n1. The van der Waals surface area contributed by atoms with Crippen molar-refractivity contribution >= 4 is 40.9 Å². The van der Waals surface area contributed by atoms with Gasteiger partial charge in [-0.3, -0.25) is 4.79 Å². The number of alkyl halides is 3. The molecule has 2 fully saturated rings. The number of anilines is 2. The maximum Gasteiger partial charge on any atom is 0.429 e. The molecular weight excluding hydrogens is 646 g/mol. The predicted octanol–water partition coefficient (Wildman–Crippen LogP) is 6.24. The summed E-state index contributed by atoms with van der Waals surface area (Å²) in [7, 11) is 0. The van der Waals surface area contributed by atoms with Gasteiger partial charge < -0.3 is 25.8 Å². The number of nitrogens with one attached hydrogen (secondary N) is 1. The Morgan fingerprint density at radius 3 is 2.43 bits per heavy atom. The Balaban J connectivity index is 1.33. The summed E-state index contributed by atoms with van der Waals surface area (Å²) in [4.78, 5) is 21.6. The van der Waals surface area contributed by atoms with Gasteiger partial charge in [0.25, 0.3) is 0 Å². The van der Waals surface area contributed by atoms with Crippen molar-refractivity contribution in [3.63, 3.8) is 0 Å². The lowest BCUT2D eigenvalue weighted by Gasteiger charge is -2.39. The van der Waals surface area contributed by atoms with Gasteiger partial charge in [-0.2, -0.15) is 28.2 Å². The zero-order chi connectivity index (χ0) is 32.8. The molecule has 2 aromatic heterocycles. The monoisotopic (exact) mass is 675 g/mol. The summed E-state index contributed by atoms with van der Waals surface area (Å²) in [6.45, 7) is 3.35. The van der Waals surface area contributed by atoms with Gasteiger partial charge in [0.2, 0.25) is 17.9 Å². The fourth-order valence-corrected chi connectivity index (χ4v) is 6.44. The number of nitrogen functional groups attached to an aromatic ring is 1. The third-order valence-corrected chi connectivity index (χ3v) is 9.32. The molecule has 4 aromatic rings. The van der Waals surface area contributed by atoms with Crippen LogP contribution in [0.4, 0.5) is 24.9 Å². The van der Waals surface area contributed by atoms with Gasteiger partial charge in [0.05, 0.1) is 21.4 Å². The lowest BCUT2D eigenvalue weighted by Crippen LogP contribution is -2.41. The molecule has 4 heterocycles. The normalized spacial score (nSPS) is 18.6. The Bertz CT molecular complexity index is 1780. The molecule has 10 nitrogen and oxygen atoms in total. The molecule has 0 bridgehead atoms. The fourth-order valence-electron chi connectivity index (χ4n) is 6.14. The summed E-state index contributed by atoms with van der Waals surface area (Å²) >= 11 is 12.3. The minimum Gasteiger partial charge on any atom is -0.480 e. The van der Waals surface area contributed by atoms with Crippen LogP contribution in [-0.4, -0.2) is 62.7 Å². The van der Waals surface area contributed by atoms with Crippen molar-refractivity contribution in [2.75, 3.05) is 30.3 Å². The van der Waals surface area contributed by atoms with Gasteiger partial charge >= 0.3 is 12.1 Å². The van der Waals surface area contributed by atoms with E-state index in [1.807, 2.05) is 4.90 Å². The largest absolute Gasteiger partial charge is 0.480 e. The van der Waals surface area contributed by atoms with Crippen molar-refractivity contribution in [3.8, 4) is 22.7 Å². The summed E-state index contributed by atoms with van der Waals surface area (Å²) in [5.41, 5.74) is 7.40. The zero-order valence-corrected chi connectivity index (χ0v) is 26.1. The molecule has 2 aromatic carbocycles. The van der Waals surface area contributed by atoms with E-state index in [0.29, 0.717) is 66.6 Å². The van der Waals surface area contributed by atoms with Crippen LogP contribution in [0.25, 0.3) is 16.8 Å². The molecule has 2 atom stereocenters. The standard InChI is InChI=1S/C31H30Cl2F3N7O3/c1-17-6-9-43(41-17)24-5-3-18(19-2-4-21(32)22(33)13-19)12-20(24)27(31(34,35)36)46-26-14-25(39-29(37)40-26)42-10-7-30(8-11-42)15-23(28(44)45)38-16-30/h2-6,9,12-14,23,27,38H,7-8,10-11,15-16H2,1H3,(H,44,45)(H2,37,39,40)/t23-,27+/m0/s1. The van der Waals surface area contributed by atoms with Crippen LogP contribution in [-0.2, 0) is 4.79 Å². The van der Waals surface area contributed by atoms with E-state index in [0.717, 1.165) is 0 Å². The number of aromatic nitrogens is 4. The van der Waals surface area contributed by atoms with E-state index in [9.17, 15) is 23.1 Å². The molecule has 15 heteroatoms. The summed E-state index contributed by atoms with van der Waals surface area (Å²) in [6.07, 6.45) is -3.88. The zero-order valence-electron chi connectivity index (χ0n) is 24.6. The number of carboxylic acid groups (broad SMARTS) is 1. The van der Waals surface area contributed by atoms with E-state index < -0.39 is 24.3 Å². The van der Waals surface area contributed by atoms with Crippen LogP contribution in [0, 0.1) is 12.3 Å². The number of aliphatic carboxylic acids is 1. The van der Waals surface area contributed by atoms with Gasteiger partial charge in [0.15, 0.2) is 0 Å². The lowest BCUT2D eigenvalue weighted by atomic mass is 9.76. The van der Waals surface area contributed by atoms with Gasteiger partial charge in [-0.15, -0.1) is 0 Å². The number of hydrogen-bond donors (Lipinski definition) is 3. The molecule has 1 spiro atoms. The smallest absolute Gasteiger partial charge is 0.429 e. The number of rotatable bonds is 7. The number of aryl methyl sites for hydroxylation is 1. The molecule has 2 saturated heterocycles. The molecule has 4 N–H and O–H groups in total. The molecule has 0 aliphatic carbocycles. The molecule has 0 radical (unpaired) electrons. The Hall–Kier alpha value is -4.07. The average molecular weight is 677 g/mol. The maximum absolute atomic E-state index is 14.9. The Morgan fingerprint density at radius 2 is 1.80 bits per heavy atom. The minimum atomic E-state index is -4.87. The summed E-state index contributed by atoms with van der Waals surface area (Å²) < 4.78 is 51.8. The van der Waals surface area contributed by atoms with E-state index in [-0.39, 0.29) is 33.5 Å². The molecule has 2 aliphatic rings. The van der Waals surface area contributed by atoms with Crippen LogP contribution >= 0.6 is 23.2 Å². The van der Waals surface area contributed by atoms with Crippen LogP contribution in [0.3, 0.4) is 0 Å². The first-order valence-electron chi connectivity index (χ1n) is 14.5. The van der Waals surface area contributed by atoms with Crippen LogP contribution in [0.15, 0.2) is 54.7 Å². The van der Waals surface area contributed by atoms with Crippen LogP contribution < -0.4 is 20.7 Å².